The van der Waals surface area contributed by atoms with Gasteiger partial charge in [0.25, 0.3) is 0 Å². The van der Waals surface area contributed by atoms with Crippen LogP contribution in [0.5, 0.6) is 11.5 Å². The highest BCUT2D eigenvalue weighted by molar-refractivity contribution is 5.57. The molecule has 0 unspecified atom stereocenters. The number of nitrogens with zero attached hydrogens (tertiary/aromatic N) is 2. The van der Waals surface area contributed by atoms with Crippen molar-refractivity contribution in [2.75, 3.05) is 13.3 Å². The highest BCUT2D eigenvalue weighted by Crippen LogP contribution is 2.37. The Balaban J connectivity index is 1.53. The van der Waals surface area contributed by atoms with Crippen LogP contribution < -0.4 is 9.47 Å². The Hall–Kier alpha value is -2.81. The number of nitriles is 1. The second-order valence-corrected chi connectivity index (χ2v) is 7.39. The molecule has 144 valence electrons. The maximum absolute atomic E-state index is 11.4. The standard InChI is InChI=1S/C23H24N2O3/c24-13-14-25(16-19-5-2-1-3-6-19)22-7-4-11-23(22,26)12-10-18-8-9-20-21(15-18)28-17-27-20/h1-3,5-6,8-10,12,15,22,26H,4,7,11,14,16-17H2/t22-,23-/m0/s1. The first kappa shape index (κ1) is 18.5. The quantitative estimate of drug-likeness (QED) is 0.778. The Labute approximate surface area is 165 Å². The highest BCUT2D eigenvalue weighted by atomic mass is 16.7. The largest absolute Gasteiger partial charge is 0.454 e. The number of hydrogen-bond acceptors (Lipinski definition) is 5. The minimum Gasteiger partial charge on any atom is -0.454 e. The molecule has 0 aromatic heterocycles. The summed E-state index contributed by atoms with van der Waals surface area (Å²) < 4.78 is 10.8. The van der Waals surface area contributed by atoms with Crippen LogP contribution in [0.3, 0.4) is 0 Å². The van der Waals surface area contributed by atoms with E-state index in [0.717, 1.165) is 35.5 Å². The average Bonchev–Trinajstić information content (AvgIpc) is 3.33. The van der Waals surface area contributed by atoms with Gasteiger partial charge in [-0.05, 0) is 42.5 Å². The van der Waals surface area contributed by atoms with Crippen LogP contribution in [-0.2, 0) is 6.54 Å². The second kappa shape index (κ2) is 8.05. The maximum atomic E-state index is 11.4. The number of rotatable bonds is 6. The smallest absolute Gasteiger partial charge is 0.231 e. The predicted molar refractivity (Wildman–Crippen MR) is 107 cm³/mol. The van der Waals surface area contributed by atoms with Gasteiger partial charge >= 0.3 is 0 Å². The van der Waals surface area contributed by atoms with E-state index in [1.807, 2.05) is 48.6 Å². The lowest BCUT2D eigenvalue weighted by Gasteiger charge is -2.35. The zero-order valence-electron chi connectivity index (χ0n) is 15.8. The summed E-state index contributed by atoms with van der Waals surface area (Å²) >= 11 is 0. The van der Waals surface area contributed by atoms with Gasteiger partial charge < -0.3 is 14.6 Å². The van der Waals surface area contributed by atoms with Crippen molar-refractivity contribution >= 4 is 6.08 Å². The summed E-state index contributed by atoms with van der Waals surface area (Å²) in [5.41, 5.74) is 1.15. The van der Waals surface area contributed by atoms with Gasteiger partial charge in [-0.15, -0.1) is 0 Å². The van der Waals surface area contributed by atoms with Gasteiger partial charge in [0.1, 0.15) is 0 Å². The van der Waals surface area contributed by atoms with E-state index < -0.39 is 5.60 Å². The molecule has 1 aliphatic heterocycles. The lowest BCUT2D eigenvalue weighted by atomic mass is 9.94. The van der Waals surface area contributed by atoms with Crippen molar-refractivity contribution in [3.63, 3.8) is 0 Å². The first-order chi connectivity index (χ1) is 13.7. The van der Waals surface area contributed by atoms with E-state index in [2.05, 4.69) is 23.1 Å². The number of fused-ring (bicyclic) bond motifs is 1. The maximum Gasteiger partial charge on any atom is 0.231 e. The summed E-state index contributed by atoms with van der Waals surface area (Å²) in [6.45, 7) is 1.19. The summed E-state index contributed by atoms with van der Waals surface area (Å²) in [6.07, 6.45) is 6.32. The van der Waals surface area contributed by atoms with Crippen molar-refractivity contribution in [1.29, 1.82) is 5.26 Å². The first-order valence-corrected chi connectivity index (χ1v) is 9.64. The topological polar surface area (TPSA) is 65.7 Å². The van der Waals surface area contributed by atoms with Crippen molar-refractivity contribution in [3.8, 4) is 17.6 Å². The van der Waals surface area contributed by atoms with Gasteiger partial charge in [0.05, 0.1) is 18.2 Å². The molecule has 1 aliphatic carbocycles. The lowest BCUT2D eigenvalue weighted by Crippen LogP contribution is -2.48. The molecule has 1 fully saturated rings. The van der Waals surface area contributed by atoms with Gasteiger partial charge in [-0.2, -0.15) is 5.26 Å². The highest BCUT2D eigenvalue weighted by Gasteiger charge is 2.42. The van der Waals surface area contributed by atoms with Crippen LogP contribution >= 0.6 is 0 Å². The van der Waals surface area contributed by atoms with Gasteiger partial charge in [0.2, 0.25) is 6.79 Å². The van der Waals surface area contributed by atoms with Gasteiger partial charge in [-0.1, -0.05) is 48.6 Å². The summed E-state index contributed by atoms with van der Waals surface area (Å²) in [6, 6.07) is 18.0. The van der Waals surface area contributed by atoms with E-state index in [4.69, 9.17) is 9.47 Å². The normalized spacial score (nSPS) is 23.4. The Bertz CT molecular complexity index is 890. The van der Waals surface area contributed by atoms with E-state index >= 15 is 0 Å². The minimum atomic E-state index is -0.956. The SMILES string of the molecule is N#CCN(Cc1ccccc1)[C@H]1CCC[C@]1(O)C=Cc1ccc2c(c1)OCO2. The van der Waals surface area contributed by atoms with Gasteiger partial charge in [-0.25, -0.2) is 0 Å². The Morgan fingerprint density at radius 1 is 1.18 bits per heavy atom. The molecule has 4 rings (SSSR count). The molecule has 0 spiro atoms. The molecule has 2 atom stereocenters. The van der Waals surface area contributed by atoms with E-state index in [0.29, 0.717) is 19.5 Å². The number of aliphatic hydroxyl groups is 1. The fourth-order valence-electron chi connectivity index (χ4n) is 4.13. The Morgan fingerprint density at radius 2 is 2.00 bits per heavy atom. The van der Waals surface area contributed by atoms with Crippen LogP contribution in [0, 0.1) is 11.3 Å². The van der Waals surface area contributed by atoms with Crippen LogP contribution in [0.4, 0.5) is 0 Å². The molecule has 2 aromatic carbocycles. The summed E-state index contributed by atoms with van der Waals surface area (Å²) in [5, 5.41) is 20.7. The molecule has 1 saturated carbocycles. The monoisotopic (exact) mass is 376 g/mol. The molecule has 0 radical (unpaired) electrons. The Morgan fingerprint density at radius 3 is 2.82 bits per heavy atom. The van der Waals surface area contributed by atoms with E-state index in [1.54, 1.807) is 0 Å². The predicted octanol–water partition coefficient (Wildman–Crippen LogP) is 3.74. The fraction of sp³-hybridized carbons (Fsp3) is 0.348. The van der Waals surface area contributed by atoms with Crippen LogP contribution in [0.15, 0.2) is 54.6 Å². The van der Waals surface area contributed by atoms with Crippen LogP contribution in [-0.4, -0.2) is 35.0 Å². The fourth-order valence-corrected chi connectivity index (χ4v) is 4.13. The molecule has 0 amide bonds. The molecule has 28 heavy (non-hydrogen) atoms. The third-order valence-corrected chi connectivity index (χ3v) is 5.54. The number of benzene rings is 2. The number of hydrogen-bond donors (Lipinski definition) is 1. The molecule has 5 nitrogen and oxygen atoms in total. The third-order valence-electron chi connectivity index (χ3n) is 5.54. The van der Waals surface area contributed by atoms with Crippen molar-refractivity contribution in [2.24, 2.45) is 0 Å². The lowest BCUT2D eigenvalue weighted by molar-refractivity contribution is 0.0129. The summed E-state index contributed by atoms with van der Waals surface area (Å²) in [4.78, 5) is 2.09. The Kier molecular flexibility index (Phi) is 5.34. The van der Waals surface area contributed by atoms with Gasteiger partial charge in [0.15, 0.2) is 11.5 Å². The summed E-state index contributed by atoms with van der Waals surface area (Å²) in [5.74, 6) is 1.48. The molecule has 1 heterocycles. The van der Waals surface area contributed by atoms with Gasteiger partial charge in [-0.3, -0.25) is 4.90 Å². The van der Waals surface area contributed by atoms with E-state index in [1.165, 1.54) is 0 Å². The molecule has 1 N–H and O–H groups in total. The first-order valence-electron chi connectivity index (χ1n) is 9.64. The molecule has 0 saturated heterocycles. The summed E-state index contributed by atoms with van der Waals surface area (Å²) in [7, 11) is 0. The molecular weight excluding hydrogens is 352 g/mol. The second-order valence-electron chi connectivity index (χ2n) is 7.39. The molecule has 2 aromatic rings. The van der Waals surface area contributed by atoms with E-state index in [9.17, 15) is 10.4 Å². The number of ether oxygens (including phenoxy) is 2. The zero-order chi connectivity index (χ0) is 19.4. The molecular formula is C23H24N2O3. The molecule has 0 bridgehead atoms. The van der Waals surface area contributed by atoms with Crippen molar-refractivity contribution < 1.29 is 14.6 Å². The third kappa shape index (κ3) is 3.89. The van der Waals surface area contributed by atoms with Crippen molar-refractivity contribution in [2.45, 2.75) is 37.5 Å². The van der Waals surface area contributed by atoms with Crippen molar-refractivity contribution in [3.05, 3.63) is 65.7 Å². The van der Waals surface area contributed by atoms with Crippen molar-refractivity contribution in [1.82, 2.24) is 4.90 Å². The molecule has 5 heteroatoms. The molecule has 2 aliphatic rings. The zero-order valence-corrected chi connectivity index (χ0v) is 15.8. The van der Waals surface area contributed by atoms with Crippen LogP contribution in [0.1, 0.15) is 30.4 Å². The van der Waals surface area contributed by atoms with Gasteiger partial charge in [0, 0.05) is 12.6 Å². The van der Waals surface area contributed by atoms with Crippen LogP contribution in [0.25, 0.3) is 6.08 Å². The van der Waals surface area contributed by atoms with E-state index in [-0.39, 0.29) is 12.8 Å². The average molecular weight is 376 g/mol. The van der Waals surface area contributed by atoms with Crippen LogP contribution in [0.2, 0.25) is 0 Å². The minimum absolute atomic E-state index is 0.0855.